The summed E-state index contributed by atoms with van der Waals surface area (Å²) in [6, 6.07) is 0. The Morgan fingerprint density at radius 1 is 0.973 bits per heavy atom. The highest BCUT2D eigenvalue weighted by molar-refractivity contribution is 6.01. The molecule has 4 fully saturated rings. The van der Waals surface area contributed by atoms with Crippen LogP contribution in [0.5, 0.6) is 0 Å². The molecule has 0 aromatic carbocycles. The summed E-state index contributed by atoms with van der Waals surface area (Å²) >= 11 is 0. The van der Waals surface area contributed by atoms with E-state index in [0.29, 0.717) is 29.2 Å². The lowest BCUT2D eigenvalue weighted by Gasteiger charge is -2.58. The summed E-state index contributed by atoms with van der Waals surface area (Å²) in [7, 11) is 0. The van der Waals surface area contributed by atoms with Gasteiger partial charge >= 0.3 is 11.9 Å². The van der Waals surface area contributed by atoms with E-state index < -0.39 is 24.4 Å². The van der Waals surface area contributed by atoms with Gasteiger partial charge in [-0.15, -0.1) is 5.06 Å². The molecule has 5 aliphatic rings. The third-order valence-corrected chi connectivity index (χ3v) is 10.0. The summed E-state index contributed by atoms with van der Waals surface area (Å²) in [4.78, 5) is 57.3. The molecule has 9 nitrogen and oxygen atoms in total. The molecule has 9 heteroatoms. The molecule has 3 saturated carbocycles. The Labute approximate surface area is 217 Å². The third-order valence-electron chi connectivity index (χ3n) is 10.0. The second-order valence-corrected chi connectivity index (χ2v) is 11.9. The van der Waals surface area contributed by atoms with E-state index in [1.54, 1.807) is 0 Å². The molecular weight excluding hydrogens is 476 g/mol. The first-order chi connectivity index (χ1) is 17.7. The number of ether oxygens (including phenoxy) is 1. The van der Waals surface area contributed by atoms with Crippen LogP contribution in [0.3, 0.4) is 0 Å². The Morgan fingerprint density at radius 2 is 1.73 bits per heavy atom. The zero-order valence-corrected chi connectivity index (χ0v) is 22.1. The van der Waals surface area contributed by atoms with Crippen molar-refractivity contribution in [3.05, 3.63) is 11.6 Å². The highest BCUT2D eigenvalue weighted by atomic mass is 16.7. The minimum Gasteiger partial charge on any atom is -0.462 e. The van der Waals surface area contributed by atoms with Gasteiger partial charge in [-0.3, -0.25) is 14.4 Å². The molecule has 0 bridgehead atoms. The number of carbonyl (C=O) groups excluding carboxylic acids is 4. The Hall–Kier alpha value is -2.71. The molecule has 37 heavy (non-hydrogen) atoms. The lowest BCUT2D eigenvalue weighted by atomic mass is 9.47. The van der Waals surface area contributed by atoms with Gasteiger partial charge in [-0.25, -0.2) is 4.79 Å². The van der Waals surface area contributed by atoms with Crippen LogP contribution in [0.25, 0.3) is 0 Å². The molecule has 0 spiro atoms. The number of hydroxylamine groups is 2. The fourth-order valence-corrected chi connectivity index (χ4v) is 7.98. The number of nitrogens with zero attached hydrogens (tertiary/aromatic N) is 2. The van der Waals surface area contributed by atoms with Crippen molar-refractivity contribution >= 4 is 29.5 Å². The number of imide groups is 1. The van der Waals surface area contributed by atoms with Gasteiger partial charge in [0.05, 0.1) is 5.71 Å². The number of hydrogen-bond donors (Lipinski definition) is 0. The van der Waals surface area contributed by atoms with Crippen molar-refractivity contribution < 1.29 is 33.6 Å². The van der Waals surface area contributed by atoms with E-state index in [0.717, 1.165) is 57.1 Å². The first kappa shape index (κ1) is 25.9. The maximum absolute atomic E-state index is 12.0. The topological polar surface area (TPSA) is 112 Å². The maximum atomic E-state index is 12.0. The normalized spacial score (nSPS) is 38.0. The smallest absolute Gasteiger partial charge is 0.373 e. The predicted molar refractivity (Wildman–Crippen MR) is 132 cm³/mol. The van der Waals surface area contributed by atoms with Gasteiger partial charge in [-0.2, -0.15) is 0 Å². The highest BCUT2D eigenvalue weighted by Gasteiger charge is 2.59. The summed E-state index contributed by atoms with van der Waals surface area (Å²) in [5.41, 5.74) is 2.42. The van der Waals surface area contributed by atoms with E-state index in [4.69, 9.17) is 14.4 Å². The summed E-state index contributed by atoms with van der Waals surface area (Å²) in [6.45, 7) is 6.16. The molecule has 2 amide bonds. The maximum Gasteiger partial charge on any atom is 0.373 e. The Kier molecular flexibility index (Phi) is 6.92. The summed E-state index contributed by atoms with van der Waals surface area (Å²) in [6.07, 6.45) is 11.0. The van der Waals surface area contributed by atoms with E-state index in [9.17, 15) is 19.2 Å². The highest BCUT2D eigenvalue weighted by Crippen LogP contribution is 2.65. The first-order valence-corrected chi connectivity index (χ1v) is 13.8. The summed E-state index contributed by atoms with van der Waals surface area (Å²) in [5, 5.41) is 4.69. The van der Waals surface area contributed by atoms with Gasteiger partial charge in [0.25, 0.3) is 11.8 Å². The van der Waals surface area contributed by atoms with Crippen LogP contribution < -0.4 is 0 Å². The van der Waals surface area contributed by atoms with Gasteiger partial charge < -0.3 is 14.4 Å². The van der Waals surface area contributed by atoms with Gasteiger partial charge in [0, 0.05) is 24.7 Å². The van der Waals surface area contributed by atoms with Crippen LogP contribution in [0.15, 0.2) is 16.8 Å². The van der Waals surface area contributed by atoms with Crippen molar-refractivity contribution in [3.8, 4) is 0 Å². The Bertz CT molecular complexity index is 1040. The number of amides is 2. The fraction of sp³-hybridized carbons (Fsp3) is 0.750. The lowest BCUT2D eigenvalue weighted by molar-refractivity contribution is -0.200. The molecule has 0 N–H and O–H groups in total. The molecule has 0 radical (unpaired) electrons. The standard InChI is InChI=1S/C28H38N2O7/c1-4-25(33)36-22-8-7-20-19-6-5-17-15-18(11-13-27(17,2)21(19)12-14-28(20,22)3)29-35-16-26(34)37-30-23(31)9-10-24(30)32/h15,19-22H,4-14,16H2,1-3H3/b29-18-/t19?,20?,21?,22?,27-,28-/m0/s1. The zero-order valence-electron chi connectivity index (χ0n) is 22.1. The molecule has 202 valence electrons. The van der Waals surface area contributed by atoms with Crippen molar-refractivity contribution in [2.24, 2.45) is 33.7 Å². The van der Waals surface area contributed by atoms with E-state index in [2.05, 4.69) is 25.1 Å². The van der Waals surface area contributed by atoms with Crippen molar-refractivity contribution in [3.63, 3.8) is 0 Å². The van der Waals surface area contributed by atoms with Gasteiger partial charge in [0.1, 0.15) is 6.10 Å². The van der Waals surface area contributed by atoms with Crippen LogP contribution in [0.1, 0.15) is 91.4 Å². The number of oxime groups is 1. The molecule has 5 rings (SSSR count). The molecule has 1 heterocycles. The molecule has 6 atom stereocenters. The van der Waals surface area contributed by atoms with Crippen molar-refractivity contribution in [2.45, 2.75) is 97.5 Å². The SMILES string of the molecule is CCC(=O)OC1CCC2C3CCC4=C/C(=N\OCC(=O)ON5C(=O)CCC5=O)CC[C@]4(C)C3CC[C@]12C. The number of rotatable bonds is 6. The van der Waals surface area contributed by atoms with Gasteiger partial charge in [-0.1, -0.05) is 31.5 Å². The fourth-order valence-electron chi connectivity index (χ4n) is 7.98. The van der Waals surface area contributed by atoms with Crippen molar-refractivity contribution in [1.29, 1.82) is 0 Å². The van der Waals surface area contributed by atoms with Crippen LogP contribution in [0, 0.1) is 28.6 Å². The number of fused-ring (bicyclic) bond motifs is 5. The van der Waals surface area contributed by atoms with Crippen LogP contribution in [0.4, 0.5) is 0 Å². The van der Waals surface area contributed by atoms with Crippen LogP contribution in [0.2, 0.25) is 0 Å². The third kappa shape index (κ3) is 4.59. The summed E-state index contributed by atoms with van der Waals surface area (Å²) in [5.74, 6) is -0.0951. The largest absolute Gasteiger partial charge is 0.462 e. The average molecular weight is 515 g/mol. The average Bonchev–Trinajstić information content (AvgIpc) is 3.37. The molecule has 1 saturated heterocycles. The predicted octanol–water partition coefficient (Wildman–Crippen LogP) is 4.25. The molecule has 4 aliphatic carbocycles. The number of allylic oxidation sites excluding steroid dienone is 2. The van der Waals surface area contributed by atoms with Crippen molar-refractivity contribution in [1.82, 2.24) is 5.06 Å². The molecule has 0 aromatic heterocycles. The molecular formula is C28H38N2O7. The number of hydrogen-bond acceptors (Lipinski definition) is 8. The quantitative estimate of drug-likeness (QED) is 0.296. The van der Waals surface area contributed by atoms with Gasteiger partial charge in [0.2, 0.25) is 6.61 Å². The minimum atomic E-state index is -0.827. The van der Waals surface area contributed by atoms with E-state index in [1.807, 2.05) is 6.92 Å². The second-order valence-electron chi connectivity index (χ2n) is 11.9. The van der Waals surface area contributed by atoms with Crippen molar-refractivity contribution in [2.75, 3.05) is 6.61 Å². The zero-order chi connectivity index (χ0) is 26.4. The molecule has 4 unspecified atom stereocenters. The van der Waals surface area contributed by atoms with Crippen LogP contribution in [-0.4, -0.2) is 47.2 Å². The number of esters is 1. The van der Waals surface area contributed by atoms with E-state index in [-0.39, 0.29) is 35.7 Å². The first-order valence-electron chi connectivity index (χ1n) is 13.8. The Balaban J connectivity index is 1.21. The van der Waals surface area contributed by atoms with Gasteiger partial charge in [-0.05, 0) is 80.6 Å². The summed E-state index contributed by atoms with van der Waals surface area (Å²) < 4.78 is 5.91. The monoisotopic (exact) mass is 514 g/mol. The van der Waals surface area contributed by atoms with Crippen LogP contribution >= 0.6 is 0 Å². The Morgan fingerprint density at radius 3 is 2.46 bits per heavy atom. The molecule has 1 aliphatic heterocycles. The van der Waals surface area contributed by atoms with E-state index >= 15 is 0 Å². The number of carbonyl (C=O) groups is 4. The van der Waals surface area contributed by atoms with Crippen LogP contribution in [-0.2, 0) is 33.6 Å². The minimum absolute atomic E-state index is 0.0475. The second kappa shape index (κ2) is 9.87. The lowest BCUT2D eigenvalue weighted by Crippen LogP contribution is -2.51. The molecule has 0 aromatic rings. The van der Waals surface area contributed by atoms with E-state index in [1.165, 1.54) is 5.57 Å². The van der Waals surface area contributed by atoms with Gasteiger partial charge in [0.15, 0.2) is 0 Å².